The molecule has 18 nitrogen and oxygen atoms in total. The normalized spacial score (nSPS) is 19.2. The van der Waals surface area contributed by atoms with Crippen LogP contribution in [0.1, 0.15) is 122 Å². The Morgan fingerprint density at radius 2 is 0.386 bits per heavy atom. The maximum atomic E-state index is 10.3. The van der Waals surface area contributed by atoms with Gasteiger partial charge in [0, 0.05) is 38.5 Å². The summed E-state index contributed by atoms with van der Waals surface area (Å²) in [7, 11) is 0. The summed E-state index contributed by atoms with van der Waals surface area (Å²) in [6, 6.07) is 0. The van der Waals surface area contributed by atoms with Gasteiger partial charge in [0.15, 0.2) is 34.7 Å². The predicted molar refractivity (Wildman–Crippen MR) is 137 cm³/mol. The van der Waals surface area contributed by atoms with Crippen LogP contribution in [0.5, 0.6) is 0 Å². The topological polar surface area (TPSA) is 249 Å². The summed E-state index contributed by atoms with van der Waals surface area (Å²) in [6.45, 7) is 18.5. The monoisotopic (exact) mass is 678 g/mol. The Balaban J connectivity index is -0.000000169. The zero-order valence-corrected chi connectivity index (χ0v) is 30.1. The average molecular weight is 679 g/mol. The second-order valence-electron chi connectivity index (χ2n) is 9.92. The Morgan fingerprint density at radius 1 is 0.295 bits per heavy atom. The first kappa shape index (κ1) is 53.8. The van der Waals surface area contributed by atoms with Crippen LogP contribution in [-0.2, 0) is 58.7 Å². The quantitative estimate of drug-likeness (QED) is 0.0583. The fourth-order valence-electron chi connectivity index (χ4n) is 1.32. The second-order valence-corrected chi connectivity index (χ2v) is 9.92. The van der Waals surface area contributed by atoms with Gasteiger partial charge in [-0.15, -0.1) is 0 Å². The van der Waals surface area contributed by atoms with E-state index in [0.29, 0.717) is 0 Å². The van der Waals surface area contributed by atoms with E-state index in [1.54, 1.807) is 41.5 Å². The molecule has 0 spiro atoms. The maximum absolute atomic E-state index is 10.3. The van der Waals surface area contributed by atoms with Crippen LogP contribution >= 0.6 is 0 Å². The molecule has 0 N–H and O–H groups in total. The number of hydrogen-bond donors (Lipinski definition) is 0. The maximum Gasteiger partial charge on any atom is 3.00 e. The summed E-state index contributed by atoms with van der Waals surface area (Å²) >= 11 is 0. The Kier molecular flexibility index (Phi) is 32.2. The zero-order chi connectivity index (χ0) is 33.7. The van der Waals surface area contributed by atoms with E-state index in [4.69, 9.17) is 29.3 Å². The molecule has 0 amide bonds. The van der Waals surface area contributed by atoms with E-state index in [1.807, 2.05) is 0 Å². The molecule has 0 saturated carbocycles. The summed E-state index contributed by atoms with van der Waals surface area (Å²) in [5.41, 5.74) is 0. The van der Waals surface area contributed by atoms with Crippen molar-refractivity contribution in [2.24, 2.45) is 0 Å². The third kappa shape index (κ3) is 22.0. The zero-order valence-electron chi connectivity index (χ0n) is 27.7. The van der Waals surface area contributed by atoms with Gasteiger partial charge in [0.1, 0.15) is 0 Å². The first-order valence-electron chi connectivity index (χ1n) is 13.3. The first-order valence-corrected chi connectivity index (χ1v) is 13.3. The molecule has 258 valence electrons. The molecule has 0 aromatic rings. The second kappa shape index (κ2) is 26.3. The van der Waals surface area contributed by atoms with Crippen molar-refractivity contribution in [3.8, 4) is 0 Å². The number of rotatable bonds is 21. The minimum absolute atomic E-state index is 0. The molecule has 0 aliphatic rings. The standard InChI is InChI=1S/3C8H18O6.2Al/c3*1-5-7(3,11-9)13-14-8(4,6-2)12-10;;/h3*9-10H,5-6H2,1-4H3;;/q;;;2*+3/p-6. The molecule has 0 bridgehead atoms. The van der Waals surface area contributed by atoms with E-state index in [1.165, 1.54) is 41.5 Å². The van der Waals surface area contributed by atoms with Crippen molar-refractivity contribution in [3.63, 3.8) is 0 Å². The van der Waals surface area contributed by atoms with Gasteiger partial charge in [-0.25, -0.2) is 0 Å². The summed E-state index contributed by atoms with van der Waals surface area (Å²) in [4.78, 5) is 51.2. The Labute approximate surface area is 280 Å². The first-order chi connectivity index (χ1) is 19.3. The van der Waals surface area contributed by atoms with Crippen LogP contribution in [0.3, 0.4) is 0 Å². The predicted octanol–water partition coefficient (Wildman–Crippen LogP) is -1.45. The largest absolute Gasteiger partial charge is 3.00 e. The molecular formula is C24H48Al2O18. The molecule has 6 unspecified atom stereocenters. The van der Waals surface area contributed by atoms with E-state index in [9.17, 15) is 31.5 Å². The van der Waals surface area contributed by atoms with Crippen molar-refractivity contribution < 1.29 is 90.2 Å². The van der Waals surface area contributed by atoms with Gasteiger partial charge in [0.2, 0.25) is 0 Å². The van der Waals surface area contributed by atoms with Gasteiger partial charge in [-0.2, -0.15) is 29.3 Å². The number of hydrogen-bond acceptors (Lipinski definition) is 18. The Hall–Kier alpha value is 0.345. The van der Waals surface area contributed by atoms with E-state index >= 15 is 0 Å². The van der Waals surface area contributed by atoms with Gasteiger partial charge < -0.3 is 60.9 Å². The molecule has 0 aliphatic heterocycles. The van der Waals surface area contributed by atoms with Gasteiger partial charge in [0.25, 0.3) is 0 Å². The van der Waals surface area contributed by atoms with Crippen LogP contribution in [-0.4, -0.2) is 69.4 Å². The van der Waals surface area contributed by atoms with Crippen molar-refractivity contribution in [1.82, 2.24) is 0 Å². The minimum Gasteiger partial charge on any atom is -0.721 e. The van der Waals surface area contributed by atoms with Crippen molar-refractivity contribution in [2.45, 2.75) is 156 Å². The third-order valence-electron chi connectivity index (χ3n) is 6.09. The van der Waals surface area contributed by atoms with Crippen LogP contribution in [0.25, 0.3) is 0 Å². The van der Waals surface area contributed by atoms with E-state index in [-0.39, 0.29) is 73.2 Å². The molecule has 20 heteroatoms. The third-order valence-corrected chi connectivity index (χ3v) is 6.09. The molecular weight excluding hydrogens is 630 g/mol. The Bertz CT molecular complexity index is 499. The fraction of sp³-hybridized carbons (Fsp3) is 1.00. The summed E-state index contributed by atoms with van der Waals surface area (Å²) in [6.07, 6.45) is 1.72. The van der Waals surface area contributed by atoms with Crippen LogP contribution in [0.4, 0.5) is 0 Å². The van der Waals surface area contributed by atoms with Crippen molar-refractivity contribution in [1.29, 1.82) is 0 Å². The molecule has 0 heterocycles. The van der Waals surface area contributed by atoms with Crippen molar-refractivity contribution >= 4 is 34.7 Å². The van der Waals surface area contributed by atoms with Crippen LogP contribution in [0.15, 0.2) is 0 Å². The molecule has 0 aliphatic carbocycles. The van der Waals surface area contributed by atoms with Gasteiger partial charge in [-0.1, -0.05) is 41.5 Å². The molecule has 44 heavy (non-hydrogen) atoms. The minimum atomic E-state index is -1.41. The smallest absolute Gasteiger partial charge is 0.721 e. The average Bonchev–Trinajstić information content (AvgIpc) is 3.04. The van der Waals surface area contributed by atoms with E-state index in [2.05, 4.69) is 29.3 Å². The summed E-state index contributed by atoms with van der Waals surface area (Å²) < 4.78 is 0. The van der Waals surface area contributed by atoms with Crippen LogP contribution < -0.4 is 31.5 Å². The van der Waals surface area contributed by atoms with E-state index in [0.717, 1.165) is 0 Å². The molecule has 0 aromatic carbocycles. The van der Waals surface area contributed by atoms with Crippen molar-refractivity contribution in [3.05, 3.63) is 0 Å². The summed E-state index contributed by atoms with van der Waals surface area (Å²) in [5.74, 6) is -8.45. The van der Waals surface area contributed by atoms with Gasteiger partial charge in [-0.05, 0) is 41.5 Å². The SMILES string of the molecule is CCC(C)(O[O-])OOC(C)(CC)O[O-].CCC(C)(O[O-])OOC(C)(CC)O[O-].CCC(C)(O[O-])OOC(C)(CC)O[O-].[Al+3].[Al+3]. The van der Waals surface area contributed by atoms with E-state index < -0.39 is 34.7 Å². The van der Waals surface area contributed by atoms with Gasteiger partial charge >= 0.3 is 34.7 Å². The van der Waals surface area contributed by atoms with Crippen LogP contribution in [0.2, 0.25) is 0 Å². The molecule has 6 atom stereocenters. The molecule has 0 rings (SSSR count). The van der Waals surface area contributed by atoms with Crippen LogP contribution in [0, 0.1) is 0 Å². The van der Waals surface area contributed by atoms with Crippen molar-refractivity contribution in [2.75, 3.05) is 0 Å². The fourth-order valence-corrected chi connectivity index (χ4v) is 1.32. The molecule has 0 radical (unpaired) electrons. The molecule has 0 aromatic heterocycles. The molecule has 0 saturated heterocycles. The van der Waals surface area contributed by atoms with Gasteiger partial charge in [0.05, 0.1) is 0 Å². The Morgan fingerprint density at radius 3 is 0.432 bits per heavy atom. The van der Waals surface area contributed by atoms with Gasteiger partial charge in [-0.3, -0.25) is 0 Å². The molecule has 0 fully saturated rings. The summed E-state index contributed by atoms with van der Waals surface area (Å²) in [5, 5.41) is 61.5.